The van der Waals surface area contributed by atoms with Crippen molar-refractivity contribution in [2.24, 2.45) is 0 Å². The van der Waals surface area contributed by atoms with E-state index in [1.54, 1.807) is 24.3 Å². The molecule has 0 saturated carbocycles. The van der Waals surface area contributed by atoms with Crippen LogP contribution in [-0.4, -0.2) is 0 Å². The van der Waals surface area contributed by atoms with E-state index in [1.807, 2.05) is 6.07 Å². The molecule has 75 valence electrons. The van der Waals surface area contributed by atoms with Gasteiger partial charge in [-0.25, -0.2) is 8.78 Å². The third-order valence-corrected chi connectivity index (χ3v) is 2.27. The predicted octanol–water partition coefficient (Wildman–Crippen LogP) is 3.81. The van der Waals surface area contributed by atoms with Crippen molar-refractivity contribution >= 4 is 0 Å². The minimum Gasteiger partial charge on any atom is -0.207 e. The summed E-state index contributed by atoms with van der Waals surface area (Å²) in [5.74, 6) is -1.21. The van der Waals surface area contributed by atoms with Crippen LogP contribution in [0.25, 0.3) is 11.1 Å². The topological polar surface area (TPSA) is 0 Å². The van der Waals surface area contributed by atoms with E-state index in [-0.39, 0.29) is 5.56 Å². The van der Waals surface area contributed by atoms with Crippen molar-refractivity contribution in [1.82, 2.24) is 0 Å². The summed E-state index contributed by atoms with van der Waals surface area (Å²) in [5.41, 5.74) is 0.915. The molecule has 0 bridgehead atoms. The molecule has 0 saturated heterocycles. The van der Waals surface area contributed by atoms with Crippen LogP contribution in [0.3, 0.4) is 0 Å². The Bertz CT molecular complexity index is 475. The average molecular weight is 203 g/mol. The van der Waals surface area contributed by atoms with E-state index in [2.05, 4.69) is 6.92 Å². The van der Waals surface area contributed by atoms with Gasteiger partial charge in [0.2, 0.25) is 0 Å². The highest BCUT2D eigenvalue weighted by molar-refractivity contribution is 5.65. The maximum Gasteiger partial charge on any atom is 0.137 e. The molecule has 0 aliphatic heterocycles. The summed E-state index contributed by atoms with van der Waals surface area (Å²) in [6.45, 7) is 3.36. The zero-order valence-corrected chi connectivity index (χ0v) is 8.00. The van der Waals surface area contributed by atoms with E-state index in [9.17, 15) is 8.78 Å². The first-order valence-corrected chi connectivity index (χ1v) is 4.55. The highest BCUT2D eigenvalue weighted by Crippen LogP contribution is 2.25. The Morgan fingerprint density at radius 2 is 1.53 bits per heavy atom. The van der Waals surface area contributed by atoms with E-state index < -0.39 is 11.6 Å². The van der Waals surface area contributed by atoms with Crippen LogP contribution in [0, 0.1) is 18.6 Å². The summed E-state index contributed by atoms with van der Waals surface area (Å²) in [4.78, 5) is 0. The second-order valence-electron chi connectivity index (χ2n) is 3.25. The van der Waals surface area contributed by atoms with Crippen LogP contribution in [0.15, 0.2) is 42.5 Å². The standard InChI is InChI=1S/C13H9F2/c1-9-12(14)8-7-11(13(9)15)10-5-3-2-4-6-10/h2-8H,1H2. The van der Waals surface area contributed by atoms with Gasteiger partial charge >= 0.3 is 0 Å². The van der Waals surface area contributed by atoms with Crippen molar-refractivity contribution in [1.29, 1.82) is 0 Å². The maximum absolute atomic E-state index is 13.6. The van der Waals surface area contributed by atoms with Crippen molar-refractivity contribution in [2.75, 3.05) is 0 Å². The van der Waals surface area contributed by atoms with Crippen molar-refractivity contribution < 1.29 is 8.78 Å². The van der Waals surface area contributed by atoms with Crippen molar-refractivity contribution in [3.8, 4) is 11.1 Å². The minimum absolute atomic E-state index is 0.184. The molecule has 1 radical (unpaired) electrons. The molecule has 2 rings (SSSR count). The molecule has 0 aliphatic carbocycles. The normalized spacial score (nSPS) is 10.3. The first-order valence-electron chi connectivity index (χ1n) is 4.55. The van der Waals surface area contributed by atoms with Crippen LogP contribution in [0.1, 0.15) is 5.56 Å². The fourth-order valence-electron chi connectivity index (χ4n) is 1.44. The Kier molecular flexibility index (Phi) is 2.50. The smallest absolute Gasteiger partial charge is 0.137 e. The Labute approximate surface area is 87.2 Å². The number of hydrogen-bond donors (Lipinski definition) is 0. The Morgan fingerprint density at radius 1 is 0.867 bits per heavy atom. The zero-order chi connectivity index (χ0) is 10.8. The summed E-state index contributed by atoms with van der Waals surface area (Å²) in [6, 6.07) is 11.7. The monoisotopic (exact) mass is 203 g/mol. The maximum atomic E-state index is 13.6. The second-order valence-corrected chi connectivity index (χ2v) is 3.25. The molecule has 0 aromatic heterocycles. The molecule has 15 heavy (non-hydrogen) atoms. The lowest BCUT2D eigenvalue weighted by Gasteiger charge is -2.06. The fraction of sp³-hybridized carbons (Fsp3) is 0. The third kappa shape index (κ3) is 1.75. The second kappa shape index (κ2) is 3.81. The molecule has 0 N–H and O–H groups in total. The molecule has 0 heterocycles. The van der Waals surface area contributed by atoms with Gasteiger partial charge in [-0.3, -0.25) is 0 Å². The molecule has 0 spiro atoms. The van der Waals surface area contributed by atoms with Gasteiger partial charge < -0.3 is 0 Å². The van der Waals surface area contributed by atoms with Crippen LogP contribution in [0.4, 0.5) is 8.78 Å². The van der Waals surface area contributed by atoms with Gasteiger partial charge in [-0.2, -0.15) is 0 Å². The summed E-state index contributed by atoms with van der Waals surface area (Å²) < 4.78 is 26.6. The van der Waals surface area contributed by atoms with Crippen molar-refractivity contribution in [3.05, 3.63) is 66.6 Å². The quantitative estimate of drug-likeness (QED) is 0.661. The molecule has 0 fully saturated rings. The summed E-state index contributed by atoms with van der Waals surface area (Å²) in [7, 11) is 0. The fourth-order valence-corrected chi connectivity index (χ4v) is 1.44. The molecular weight excluding hydrogens is 194 g/mol. The van der Waals surface area contributed by atoms with E-state index in [0.29, 0.717) is 5.56 Å². The van der Waals surface area contributed by atoms with Crippen LogP contribution < -0.4 is 0 Å². The van der Waals surface area contributed by atoms with E-state index in [0.717, 1.165) is 5.56 Å². The lowest BCUT2D eigenvalue weighted by Crippen LogP contribution is -1.92. The van der Waals surface area contributed by atoms with Crippen LogP contribution in [0.2, 0.25) is 0 Å². The van der Waals surface area contributed by atoms with Crippen LogP contribution in [-0.2, 0) is 0 Å². The van der Waals surface area contributed by atoms with Gasteiger partial charge in [0, 0.05) is 11.1 Å². The van der Waals surface area contributed by atoms with Crippen LogP contribution >= 0.6 is 0 Å². The van der Waals surface area contributed by atoms with Gasteiger partial charge in [0.15, 0.2) is 0 Å². The lowest BCUT2D eigenvalue weighted by atomic mass is 10.0. The van der Waals surface area contributed by atoms with Gasteiger partial charge in [-0.1, -0.05) is 30.3 Å². The highest BCUT2D eigenvalue weighted by Gasteiger charge is 2.10. The van der Waals surface area contributed by atoms with Crippen LogP contribution in [0.5, 0.6) is 0 Å². The summed E-state index contributed by atoms with van der Waals surface area (Å²) >= 11 is 0. The molecule has 2 heteroatoms. The minimum atomic E-state index is -0.618. The SMILES string of the molecule is [CH2]c1c(F)ccc(-c2ccccc2)c1F. The van der Waals surface area contributed by atoms with Gasteiger partial charge in [0.1, 0.15) is 11.6 Å². The predicted molar refractivity (Wildman–Crippen MR) is 56.3 cm³/mol. The van der Waals surface area contributed by atoms with Crippen molar-refractivity contribution in [2.45, 2.75) is 0 Å². The molecule has 2 aromatic rings. The average Bonchev–Trinajstić information content (AvgIpc) is 2.27. The van der Waals surface area contributed by atoms with Gasteiger partial charge in [-0.05, 0) is 24.6 Å². The number of halogens is 2. The van der Waals surface area contributed by atoms with E-state index in [4.69, 9.17) is 0 Å². The highest BCUT2D eigenvalue weighted by atomic mass is 19.1. The largest absolute Gasteiger partial charge is 0.207 e. The Morgan fingerprint density at radius 3 is 2.20 bits per heavy atom. The van der Waals surface area contributed by atoms with E-state index in [1.165, 1.54) is 12.1 Å². The summed E-state index contributed by atoms with van der Waals surface area (Å²) in [6.07, 6.45) is 0. The van der Waals surface area contributed by atoms with Gasteiger partial charge in [0.05, 0.1) is 0 Å². The van der Waals surface area contributed by atoms with Gasteiger partial charge in [0.25, 0.3) is 0 Å². The molecule has 0 amide bonds. The van der Waals surface area contributed by atoms with E-state index >= 15 is 0 Å². The third-order valence-electron chi connectivity index (χ3n) is 2.27. The number of rotatable bonds is 1. The number of hydrogen-bond acceptors (Lipinski definition) is 0. The molecule has 0 unspecified atom stereocenters. The molecule has 0 nitrogen and oxygen atoms in total. The molecule has 2 aromatic carbocycles. The number of benzene rings is 2. The molecular formula is C13H9F2. The first kappa shape index (κ1) is 9.84. The Balaban J connectivity index is 2.60. The van der Waals surface area contributed by atoms with Crippen molar-refractivity contribution in [3.63, 3.8) is 0 Å². The van der Waals surface area contributed by atoms with Gasteiger partial charge in [-0.15, -0.1) is 0 Å². The summed E-state index contributed by atoms with van der Waals surface area (Å²) in [5, 5.41) is 0. The zero-order valence-electron chi connectivity index (χ0n) is 8.00. The Hall–Kier alpha value is -1.70. The first-order chi connectivity index (χ1) is 7.20. The molecule has 0 atom stereocenters. The lowest BCUT2D eigenvalue weighted by molar-refractivity contribution is 0.577. The molecule has 0 aliphatic rings.